The van der Waals surface area contributed by atoms with Gasteiger partial charge in [-0.2, -0.15) is 5.26 Å². The highest BCUT2D eigenvalue weighted by Crippen LogP contribution is 2.34. The number of aromatic nitrogens is 3. The average molecular weight is 347 g/mol. The number of nitrogens with two attached hydrogens (primary N) is 2. The van der Waals surface area contributed by atoms with E-state index in [0.29, 0.717) is 17.3 Å². The minimum absolute atomic E-state index is 0.155. The number of hydrogen-bond donors (Lipinski definition) is 2. The molecule has 0 radical (unpaired) electrons. The maximum absolute atomic E-state index is 8.93. The van der Waals surface area contributed by atoms with Crippen LogP contribution < -0.4 is 16.5 Å². The van der Waals surface area contributed by atoms with Crippen LogP contribution in [0.3, 0.4) is 0 Å². The molecule has 7 nitrogen and oxygen atoms in total. The van der Waals surface area contributed by atoms with Crippen LogP contribution in [0.5, 0.6) is 0 Å². The molecule has 1 saturated heterocycles. The van der Waals surface area contributed by atoms with E-state index in [1.807, 2.05) is 30.3 Å². The second-order valence-corrected chi connectivity index (χ2v) is 6.73. The lowest BCUT2D eigenvalue weighted by molar-refractivity contribution is 0.337. The molecule has 1 aromatic carbocycles. The van der Waals surface area contributed by atoms with Crippen LogP contribution in [-0.2, 0) is 0 Å². The Morgan fingerprint density at radius 3 is 2.54 bits per heavy atom. The van der Waals surface area contributed by atoms with Crippen molar-refractivity contribution in [1.29, 1.82) is 5.26 Å². The molecule has 0 saturated carbocycles. The highest BCUT2D eigenvalue weighted by Gasteiger charge is 2.29. The molecule has 0 bridgehead atoms. The first-order chi connectivity index (χ1) is 12.7. The van der Waals surface area contributed by atoms with Gasteiger partial charge in [-0.15, -0.1) is 0 Å². The van der Waals surface area contributed by atoms with Crippen molar-refractivity contribution in [3.63, 3.8) is 0 Å². The molecule has 0 spiro atoms. The summed E-state index contributed by atoms with van der Waals surface area (Å²) in [6.45, 7) is 1.87. The Morgan fingerprint density at radius 2 is 1.85 bits per heavy atom. The SMILES string of the molecule is N#Cc1ccc(N2CCC(C(N)c3c4ccnc-4ncn3N)CC2)cc1. The molecule has 1 aromatic rings. The number of nitriles is 1. The Morgan fingerprint density at radius 1 is 1.12 bits per heavy atom. The van der Waals surface area contributed by atoms with E-state index in [2.05, 4.69) is 20.9 Å². The van der Waals surface area contributed by atoms with E-state index >= 15 is 0 Å². The summed E-state index contributed by atoms with van der Waals surface area (Å²) < 4.78 is 1.53. The molecule has 132 valence electrons. The quantitative estimate of drug-likeness (QED) is 0.700. The summed E-state index contributed by atoms with van der Waals surface area (Å²) in [5.41, 5.74) is 10.3. The summed E-state index contributed by atoms with van der Waals surface area (Å²) in [5.74, 6) is 7.14. The summed E-state index contributed by atoms with van der Waals surface area (Å²) in [6.07, 6.45) is 5.29. The van der Waals surface area contributed by atoms with Gasteiger partial charge in [0.2, 0.25) is 0 Å². The fourth-order valence-corrected chi connectivity index (χ4v) is 3.79. The number of nitrogens with zero attached hydrogens (tertiary/aromatic N) is 5. The van der Waals surface area contributed by atoms with E-state index in [4.69, 9.17) is 16.8 Å². The molecule has 3 aliphatic heterocycles. The zero-order valence-electron chi connectivity index (χ0n) is 14.4. The molecule has 26 heavy (non-hydrogen) atoms. The molecule has 0 amide bonds. The summed E-state index contributed by atoms with van der Waals surface area (Å²) >= 11 is 0. The molecule has 1 unspecified atom stereocenters. The van der Waals surface area contributed by atoms with Crippen LogP contribution in [0.15, 0.2) is 42.9 Å². The van der Waals surface area contributed by atoms with Crippen molar-refractivity contribution < 1.29 is 0 Å². The highest BCUT2D eigenvalue weighted by atomic mass is 15.3. The molecule has 4 N–H and O–H groups in total. The van der Waals surface area contributed by atoms with Gasteiger partial charge < -0.3 is 16.5 Å². The molecule has 0 aromatic heterocycles. The van der Waals surface area contributed by atoms with Gasteiger partial charge in [0.25, 0.3) is 0 Å². The molecule has 3 aliphatic rings. The molecular weight excluding hydrogens is 326 g/mol. The Balaban J connectivity index is 1.48. The second-order valence-electron chi connectivity index (χ2n) is 6.73. The lowest BCUT2D eigenvalue weighted by Gasteiger charge is -2.36. The third-order valence-electron chi connectivity index (χ3n) is 5.26. The molecule has 3 heterocycles. The maximum Gasteiger partial charge on any atom is 0.162 e. The fraction of sp³-hybridized carbons (Fsp3) is 0.316. The van der Waals surface area contributed by atoms with Crippen LogP contribution in [0.1, 0.15) is 30.1 Å². The Kier molecular flexibility index (Phi) is 4.19. The van der Waals surface area contributed by atoms with Crippen molar-refractivity contribution in [2.75, 3.05) is 23.8 Å². The third-order valence-corrected chi connectivity index (χ3v) is 5.26. The van der Waals surface area contributed by atoms with Crippen LogP contribution in [0.2, 0.25) is 0 Å². The van der Waals surface area contributed by atoms with E-state index in [-0.39, 0.29) is 6.04 Å². The molecule has 4 rings (SSSR count). The topological polar surface area (TPSA) is 110 Å². The third kappa shape index (κ3) is 2.85. The van der Waals surface area contributed by atoms with Crippen molar-refractivity contribution >= 4 is 5.69 Å². The molecule has 1 fully saturated rings. The monoisotopic (exact) mass is 347 g/mol. The second kappa shape index (κ2) is 6.65. The standard InChI is InChI=1S/C19H21N7/c20-11-13-1-3-15(4-2-13)25-9-6-14(7-10-25)17(21)18-16-5-8-23-19(16)24-12-26(18)22/h1-5,8,12,14,17H,6-7,9-10,21-22H2. The smallest absolute Gasteiger partial charge is 0.162 e. The number of nitrogen functional groups attached to an aromatic ring is 1. The molecule has 7 heteroatoms. The van der Waals surface area contributed by atoms with Crippen LogP contribution in [0.25, 0.3) is 11.4 Å². The van der Waals surface area contributed by atoms with Gasteiger partial charge in [-0.1, -0.05) is 0 Å². The number of hydrogen-bond acceptors (Lipinski definition) is 6. The molecular formula is C19H21N7. The minimum atomic E-state index is -0.155. The summed E-state index contributed by atoms with van der Waals surface area (Å²) in [5, 5.41) is 8.93. The Hall–Kier alpha value is -3.11. The van der Waals surface area contributed by atoms with Gasteiger partial charge in [0.15, 0.2) is 5.82 Å². The number of anilines is 1. The summed E-state index contributed by atoms with van der Waals surface area (Å²) in [6, 6.07) is 11.7. The van der Waals surface area contributed by atoms with Gasteiger partial charge in [-0.05, 0) is 49.1 Å². The number of fused-ring (bicyclic) bond motifs is 1. The average Bonchev–Trinajstić information content (AvgIpc) is 3.16. The predicted molar refractivity (Wildman–Crippen MR) is 99.8 cm³/mol. The summed E-state index contributed by atoms with van der Waals surface area (Å²) in [7, 11) is 0. The van der Waals surface area contributed by atoms with E-state index < -0.39 is 0 Å². The van der Waals surface area contributed by atoms with Crippen LogP contribution in [-0.4, -0.2) is 27.7 Å². The van der Waals surface area contributed by atoms with E-state index in [1.54, 1.807) is 12.5 Å². The first-order valence-corrected chi connectivity index (χ1v) is 8.75. The van der Waals surface area contributed by atoms with E-state index in [1.165, 1.54) is 4.68 Å². The highest BCUT2D eigenvalue weighted by molar-refractivity contribution is 5.60. The Labute approximate surface area is 152 Å². The number of benzene rings is 1. The van der Waals surface area contributed by atoms with Crippen LogP contribution in [0, 0.1) is 17.2 Å². The van der Waals surface area contributed by atoms with Crippen LogP contribution >= 0.6 is 0 Å². The first kappa shape index (κ1) is 16.4. The summed E-state index contributed by atoms with van der Waals surface area (Å²) in [4.78, 5) is 10.8. The van der Waals surface area contributed by atoms with Crippen molar-refractivity contribution in [3.05, 3.63) is 54.1 Å². The maximum atomic E-state index is 8.93. The molecule has 0 aliphatic carbocycles. The Bertz CT molecular complexity index is 900. The van der Waals surface area contributed by atoms with Gasteiger partial charge in [0.1, 0.15) is 6.33 Å². The van der Waals surface area contributed by atoms with Gasteiger partial charge in [-0.3, -0.25) is 4.68 Å². The van der Waals surface area contributed by atoms with Crippen molar-refractivity contribution in [2.45, 2.75) is 18.9 Å². The van der Waals surface area contributed by atoms with Crippen molar-refractivity contribution in [3.8, 4) is 17.5 Å². The van der Waals surface area contributed by atoms with E-state index in [9.17, 15) is 0 Å². The lowest BCUT2D eigenvalue weighted by atomic mass is 9.86. The predicted octanol–water partition coefficient (Wildman–Crippen LogP) is 1.88. The zero-order chi connectivity index (χ0) is 18.1. The fourth-order valence-electron chi connectivity index (χ4n) is 3.79. The lowest BCUT2D eigenvalue weighted by Crippen LogP contribution is -2.39. The number of piperidine rings is 1. The van der Waals surface area contributed by atoms with Gasteiger partial charge in [0, 0.05) is 30.5 Å². The van der Waals surface area contributed by atoms with Gasteiger partial charge >= 0.3 is 0 Å². The largest absolute Gasteiger partial charge is 0.372 e. The zero-order valence-corrected chi connectivity index (χ0v) is 14.4. The van der Waals surface area contributed by atoms with Gasteiger partial charge in [0.05, 0.1) is 23.4 Å². The van der Waals surface area contributed by atoms with Crippen molar-refractivity contribution in [2.24, 2.45) is 11.7 Å². The van der Waals surface area contributed by atoms with Gasteiger partial charge in [-0.25, -0.2) is 9.97 Å². The minimum Gasteiger partial charge on any atom is -0.372 e. The number of rotatable bonds is 3. The van der Waals surface area contributed by atoms with E-state index in [0.717, 1.165) is 42.9 Å². The molecule has 1 atom stereocenters. The first-order valence-electron chi connectivity index (χ1n) is 8.75. The normalized spacial score (nSPS) is 16.5. The van der Waals surface area contributed by atoms with Crippen LogP contribution in [0.4, 0.5) is 5.69 Å². The van der Waals surface area contributed by atoms with Crippen molar-refractivity contribution in [1.82, 2.24) is 14.6 Å².